The minimum Gasteiger partial charge on any atom is -0.395 e. The SMILES string of the molecule is Cc1ccc(-n2ncc(=O)n(CCO)c2=O)cc1C(=O)NC(O)C1CCCCCC1. The van der Waals surface area contributed by atoms with Gasteiger partial charge < -0.3 is 15.5 Å². The highest BCUT2D eigenvalue weighted by Gasteiger charge is 2.23. The molecule has 30 heavy (non-hydrogen) atoms. The second-order valence-electron chi connectivity index (χ2n) is 7.72. The molecule has 1 fully saturated rings. The van der Waals surface area contributed by atoms with Crippen molar-refractivity contribution in [2.45, 2.75) is 58.2 Å². The van der Waals surface area contributed by atoms with Crippen molar-refractivity contribution in [1.29, 1.82) is 0 Å². The van der Waals surface area contributed by atoms with Gasteiger partial charge in [0, 0.05) is 11.5 Å². The molecule has 9 heteroatoms. The third-order valence-electron chi connectivity index (χ3n) is 5.62. The van der Waals surface area contributed by atoms with E-state index in [4.69, 9.17) is 5.11 Å². The molecule has 9 nitrogen and oxygen atoms in total. The van der Waals surface area contributed by atoms with Crippen LogP contribution < -0.4 is 16.6 Å². The van der Waals surface area contributed by atoms with Crippen LogP contribution in [0.25, 0.3) is 5.69 Å². The zero-order valence-electron chi connectivity index (χ0n) is 17.1. The average molecular weight is 416 g/mol. The first kappa shape index (κ1) is 21.9. The van der Waals surface area contributed by atoms with Gasteiger partial charge >= 0.3 is 5.69 Å². The smallest absolute Gasteiger partial charge is 0.352 e. The number of aromatic nitrogens is 3. The van der Waals surface area contributed by atoms with Crippen molar-refractivity contribution in [1.82, 2.24) is 19.7 Å². The van der Waals surface area contributed by atoms with Gasteiger partial charge in [-0.1, -0.05) is 31.7 Å². The molecule has 1 aromatic carbocycles. The van der Waals surface area contributed by atoms with Gasteiger partial charge in [0.1, 0.15) is 12.4 Å². The van der Waals surface area contributed by atoms with E-state index in [1.807, 2.05) is 0 Å². The maximum atomic E-state index is 12.8. The summed E-state index contributed by atoms with van der Waals surface area (Å²) in [6.45, 7) is 1.26. The Morgan fingerprint density at radius 2 is 1.93 bits per heavy atom. The molecule has 1 saturated carbocycles. The molecule has 1 aromatic heterocycles. The predicted octanol–water partition coefficient (Wildman–Crippen LogP) is 0.714. The van der Waals surface area contributed by atoms with Crippen LogP contribution in [0.15, 0.2) is 34.0 Å². The summed E-state index contributed by atoms with van der Waals surface area (Å²) >= 11 is 0. The number of amides is 1. The minimum absolute atomic E-state index is 0.0336. The van der Waals surface area contributed by atoms with Crippen LogP contribution in [-0.2, 0) is 6.54 Å². The van der Waals surface area contributed by atoms with Crippen LogP contribution in [0, 0.1) is 12.8 Å². The number of carbonyl (C=O) groups is 1. The molecule has 0 saturated heterocycles. The standard InChI is InChI=1S/C21H28N4O5/c1-14-8-9-16(25-21(30)24(10-11-26)18(27)13-22-25)12-17(14)20(29)23-19(28)15-6-4-2-3-5-7-15/h8-9,12-13,15,19,26,28H,2-7,10-11H2,1H3,(H,23,29). The number of aryl methyl sites for hydroxylation is 1. The lowest BCUT2D eigenvalue weighted by atomic mass is 9.98. The number of nitrogens with zero attached hydrogens (tertiary/aromatic N) is 3. The molecule has 0 radical (unpaired) electrons. The highest BCUT2D eigenvalue weighted by molar-refractivity contribution is 5.96. The van der Waals surface area contributed by atoms with Crippen molar-refractivity contribution in [2.75, 3.05) is 6.61 Å². The fourth-order valence-corrected chi connectivity index (χ4v) is 3.86. The van der Waals surface area contributed by atoms with E-state index in [0.717, 1.165) is 54.0 Å². The summed E-state index contributed by atoms with van der Waals surface area (Å²) in [5.74, 6) is -0.394. The van der Waals surface area contributed by atoms with E-state index in [0.29, 0.717) is 16.8 Å². The number of benzene rings is 1. The van der Waals surface area contributed by atoms with Gasteiger partial charge in [-0.15, -0.1) is 0 Å². The van der Waals surface area contributed by atoms with Gasteiger partial charge in [-0.05, 0) is 37.5 Å². The van der Waals surface area contributed by atoms with Crippen LogP contribution in [0.4, 0.5) is 0 Å². The zero-order valence-corrected chi connectivity index (χ0v) is 17.1. The number of hydrogen-bond acceptors (Lipinski definition) is 6. The first-order valence-electron chi connectivity index (χ1n) is 10.3. The van der Waals surface area contributed by atoms with Crippen molar-refractivity contribution >= 4 is 5.91 Å². The van der Waals surface area contributed by atoms with Crippen LogP contribution in [0.3, 0.4) is 0 Å². The fraction of sp³-hybridized carbons (Fsp3) is 0.524. The number of hydrogen-bond donors (Lipinski definition) is 3. The number of aliphatic hydroxyl groups excluding tert-OH is 2. The summed E-state index contributed by atoms with van der Waals surface area (Å²) in [6.07, 6.45) is 6.22. The lowest BCUT2D eigenvalue weighted by Gasteiger charge is -2.22. The van der Waals surface area contributed by atoms with Gasteiger partial charge in [-0.3, -0.25) is 14.2 Å². The molecule has 1 unspecified atom stereocenters. The largest absolute Gasteiger partial charge is 0.395 e. The van der Waals surface area contributed by atoms with Crippen molar-refractivity contribution < 1.29 is 15.0 Å². The lowest BCUT2D eigenvalue weighted by molar-refractivity contribution is 0.0531. The molecular weight excluding hydrogens is 388 g/mol. The zero-order chi connectivity index (χ0) is 21.7. The topological polar surface area (TPSA) is 126 Å². The second kappa shape index (κ2) is 9.82. The second-order valence-corrected chi connectivity index (χ2v) is 7.72. The summed E-state index contributed by atoms with van der Waals surface area (Å²) < 4.78 is 1.89. The molecule has 1 heterocycles. The van der Waals surface area contributed by atoms with E-state index in [9.17, 15) is 19.5 Å². The van der Waals surface area contributed by atoms with Gasteiger partial charge in [-0.2, -0.15) is 9.78 Å². The number of carbonyl (C=O) groups excluding carboxylic acids is 1. The quantitative estimate of drug-likeness (QED) is 0.470. The number of aliphatic hydroxyl groups is 2. The van der Waals surface area contributed by atoms with Crippen LogP contribution in [0.1, 0.15) is 54.4 Å². The maximum Gasteiger partial charge on any atom is 0.352 e. The predicted molar refractivity (Wildman–Crippen MR) is 111 cm³/mol. The molecule has 1 amide bonds. The molecule has 1 aliphatic carbocycles. The van der Waals surface area contributed by atoms with E-state index in [1.165, 1.54) is 6.07 Å². The van der Waals surface area contributed by atoms with Crippen LogP contribution in [0.2, 0.25) is 0 Å². The summed E-state index contributed by atoms with van der Waals surface area (Å²) in [4.78, 5) is 37.2. The van der Waals surface area contributed by atoms with E-state index in [1.54, 1.807) is 19.1 Å². The van der Waals surface area contributed by atoms with E-state index < -0.39 is 23.4 Å². The molecule has 3 N–H and O–H groups in total. The number of rotatable bonds is 6. The van der Waals surface area contributed by atoms with Gasteiger partial charge in [0.15, 0.2) is 0 Å². The Morgan fingerprint density at radius 3 is 2.60 bits per heavy atom. The van der Waals surface area contributed by atoms with Gasteiger partial charge in [-0.25, -0.2) is 4.79 Å². The molecule has 0 aliphatic heterocycles. The normalized spacial score (nSPS) is 16.1. The van der Waals surface area contributed by atoms with Gasteiger partial charge in [0.25, 0.3) is 11.5 Å². The van der Waals surface area contributed by atoms with Gasteiger partial charge in [0.2, 0.25) is 0 Å². The van der Waals surface area contributed by atoms with Gasteiger partial charge in [0.05, 0.1) is 18.8 Å². The van der Waals surface area contributed by atoms with E-state index >= 15 is 0 Å². The Balaban J connectivity index is 1.87. The molecule has 1 aliphatic rings. The van der Waals surface area contributed by atoms with Crippen molar-refractivity contribution in [3.63, 3.8) is 0 Å². The van der Waals surface area contributed by atoms with Crippen LogP contribution in [-0.4, -0.2) is 43.3 Å². The summed E-state index contributed by atoms with van der Waals surface area (Å²) in [7, 11) is 0. The highest BCUT2D eigenvalue weighted by atomic mass is 16.3. The Morgan fingerprint density at radius 1 is 1.23 bits per heavy atom. The Bertz CT molecular complexity index is 1010. The average Bonchev–Trinajstić information content (AvgIpc) is 3.01. The first-order chi connectivity index (χ1) is 14.4. The summed E-state index contributed by atoms with van der Waals surface area (Å²) in [5.41, 5.74) is -0.00614. The minimum atomic E-state index is -0.925. The summed E-state index contributed by atoms with van der Waals surface area (Å²) in [5, 5.41) is 26.2. The van der Waals surface area contributed by atoms with Crippen LogP contribution >= 0.6 is 0 Å². The monoisotopic (exact) mass is 416 g/mol. The van der Waals surface area contributed by atoms with E-state index in [2.05, 4.69) is 10.4 Å². The van der Waals surface area contributed by atoms with E-state index in [-0.39, 0.29) is 19.1 Å². The van der Waals surface area contributed by atoms with Crippen molar-refractivity contribution in [2.24, 2.45) is 5.92 Å². The Hall–Kier alpha value is -2.78. The number of nitrogens with one attached hydrogen (secondary N) is 1. The van der Waals surface area contributed by atoms with Crippen molar-refractivity contribution in [3.05, 3.63) is 56.4 Å². The molecule has 1 atom stereocenters. The van der Waals surface area contributed by atoms with Crippen LogP contribution in [0.5, 0.6) is 0 Å². The van der Waals surface area contributed by atoms with Crippen molar-refractivity contribution in [3.8, 4) is 5.69 Å². The molecule has 0 spiro atoms. The first-order valence-corrected chi connectivity index (χ1v) is 10.3. The molecule has 162 valence electrons. The molecule has 0 bridgehead atoms. The Kier molecular flexibility index (Phi) is 7.17. The molecule has 2 aromatic rings. The maximum absolute atomic E-state index is 12.8. The highest BCUT2D eigenvalue weighted by Crippen LogP contribution is 2.25. The fourth-order valence-electron chi connectivity index (χ4n) is 3.86. The third-order valence-corrected chi connectivity index (χ3v) is 5.62. The summed E-state index contributed by atoms with van der Waals surface area (Å²) in [6, 6.07) is 4.81. The molecule has 3 rings (SSSR count). The lowest BCUT2D eigenvalue weighted by Crippen LogP contribution is -2.41. The Labute approximate surface area is 174 Å². The molecular formula is C21H28N4O5. The third kappa shape index (κ3) is 4.85.